The van der Waals surface area contributed by atoms with Gasteiger partial charge in [-0.15, -0.1) is 0 Å². The Morgan fingerprint density at radius 3 is 2.54 bits per heavy atom. The van der Waals surface area contributed by atoms with Gasteiger partial charge in [0.05, 0.1) is 12.2 Å². The molecule has 0 aromatic rings. The molecule has 1 amide bonds. The molecule has 1 atom stereocenters. The first-order valence-electron chi connectivity index (χ1n) is 5.06. The Labute approximate surface area is 79.0 Å². The fraction of sp³-hybridized carbons (Fsp3) is 0.900. The Balaban J connectivity index is 1.94. The fourth-order valence-corrected chi connectivity index (χ4v) is 2.11. The van der Waals surface area contributed by atoms with Gasteiger partial charge in [0.2, 0.25) is 5.91 Å². The number of hydrogen-bond donors (Lipinski definition) is 0. The molecule has 0 saturated carbocycles. The molecular weight excluding hydrogens is 166 g/mol. The number of nitrogens with zero attached hydrogens (tertiary/aromatic N) is 1. The van der Waals surface area contributed by atoms with E-state index in [1.165, 1.54) is 0 Å². The van der Waals surface area contributed by atoms with E-state index in [4.69, 9.17) is 4.74 Å². The number of hydrogen-bond acceptors (Lipinski definition) is 2. The van der Waals surface area contributed by atoms with Crippen molar-refractivity contribution in [3.8, 4) is 0 Å². The zero-order chi connectivity index (χ0) is 9.47. The molecule has 2 fully saturated rings. The molecule has 2 saturated heterocycles. The van der Waals surface area contributed by atoms with Crippen LogP contribution in [0.1, 0.15) is 26.7 Å². The van der Waals surface area contributed by atoms with Crippen LogP contribution < -0.4 is 0 Å². The van der Waals surface area contributed by atoms with Gasteiger partial charge in [-0.1, -0.05) is 13.8 Å². The molecule has 2 heterocycles. The highest BCUT2D eigenvalue weighted by molar-refractivity contribution is 5.78. The lowest BCUT2D eigenvalue weighted by atomic mass is 9.94. The minimum absolute atomic E-state index is 0.0601. The van der Waals surface area contributed by atoms with Crippen LogP contribution in [-0.4, -0.2) is 36.1 Å². The Hall–Kier alpha value is -0.570. The van der Waals surface area contributed by atoms with Gasteiger partial charge in [0.25, 0.3) is 0 Å². The predicted molar refractivity (Wildman–Crippen MR) is 49.3 cm³/mol. The summed E-state index contributed by atoms with van der Waals surface area (Å²) in [5.41, 5.74) is 0.0601. The third-order valence-electron chi connectivity index (χ3n) is 3.09. The quantitative estimate of drug-likeness (QED) is 0.607. The molecule has 3 nitrogen and oxygen atoms in total. The van der Waals surface area contributed by atoms with Crippen LogP contribution in [0.5, 0.6) is 0 Å². The summed E-state index contributed by atoms with van der Waals surface area (Å²) < 4.78 is 5.55. The van der Waals surface area contributed by atoms with Crippen molar-refractivity contribution in [2.75, 3.05) is 19.7 Å². The molecule has 13 heavy (non-hydrogen) atoms. The summed E-state index contributed by atoms with van der Waals surface area (Å²) >= 11 is 0. The van der Waals surface area contributed by atoms with Crippen LogP contribution in [0.15, 0.2) is 0 Å². The van der Waals surface area contributed by atoms with E-state index in [9.17, 15) is 4.79 Å². The van der Waals surface area contributed by atoms with E-state index in [0.717, 1.165) is 32.5 Å². The topological polar surface area (TPSA) is 29.5 Å². The van der Waals surface area contributed by atoms with Crippen molar-refractivity contribution >= 4 is 5.91 Å². The average molecular weight is 183 g/mol. The van der Waals surface area contributed by atoms with Crippen molar-refractivity contribution < 1.29 is 9.53 Å². The van der Waals surface area contributed by atoms with Gasteiger partial charge in [0, 0.05) is 25.4 Å². The molecule has 0 radical (unpaired) electrons. The van der Waals surface area contributed by atoms with Gasteiger partial charge in [-0.2, -0.15) is 0 Å². The van der Waals surface area contributed by atoms with Gasteiger partial charge in [-0.25, -0.2) is 0 Å². The van der Waals surface area contributed by atoms with E-state index in [0.29, 0.717) is 0 Å². The lowest BCUT2D eigenvalue weighted by Crippen LogP contribution is -2.47. The van der Waals surface area contributed by atoms with Crippen LogP contribution in [0.25, 0.3) is 0 Å². The zero-order valence-electron chi connectivity index (χ0n) is 8.38. The Kier molecular flexibility index (Phi) is 2.06. The summed E-state index contributed by atoms with van der Waals surface area (Å²) in [6, 6.07) is 0. The van der Waals surface area contributed by atoms with Crippen LogP contribution in [0.4, 0.5) is 0 Å². The Morgan fingerprint density at radius 1 is 1.46 bits per heavy atom. The monoisotopic (exact) mass is 183 g/mol. The molecule has 74 valence electrons. The second-order valence-electron chi connectivity index (χ2n) is 4.45. The summed E-state index contributed by atoms with van der Waals surface area (Å²) in [5, 5.41) is 0. The van der Waals surface area contributed by atoms with E-state index in [1.807, 2.05) is 18.7 Å². The van der Waals surface area contributed by atoms with E-state index in [-0.39, 0.29) is 17.4 Å². The molecular formula is C10H17NO2. The summed E-state index contributed by atoms with van der Waals surface area (Å²) in [5.74, 6) is 0.391. The van der Waals surface area contributed by atoms with Crippen LogP contribution in [0.3, 0.4) is 0 Å². The summed E-state index contributed by atoms with van der Waals surface area (Å²) in [6.45, 7) is 6.49. The molecule has 2 rings (SSSR count). The highest BCUT2D eigenvalue weighted by Gasteiger charge is 2.45. The van der Waals surface area contributed by atoms with Crippen LogP contribution in [0.2, 0.25) is 0 Å². The first kappa shape index (κ1) is 9.00. The Morgan fingerprint density at radius 2 is 2.15 bits per heavy atom. The molecule has 2 aliphatic heterocycles. The lowest BCUT2D eigenvalue weighted by molar-refractivity contribution is -0.148. The van der Waals surface area contributed by atoms with Gasteiger partial charge in [0.15, 0.2) is 0 Å². The predicted octanol–water partition coefficient (Wildman–Crippen LogP) is 1.03. The average Bonchev–Trinajstić information content (AvgIpc) is 2.45. The number of carbonyl (C=O) groups is 1. The van der Waals surface area contributed by atoms with Crippen molar-refractivity contribution in [3.63, 3.8) is 0 Å². The summed E-state index contributed by atoms with van der Waals surface area (Å²) in [4.78, 5) is 13.6. The largest absolute Gasteiger partial charge is 0.373 e. The molecule has 0 aromatic carbocycles. The van der Waals surface area contributed by atoms with Crippen molar-refractivity contribution in [2.45, 2.75) is 32.3 Å². The van der Waals surface area contributed by atoms with Crippen LogP contribution in [0, 0.1) is 5.92 Å². The van der Waals surface area contributed by atoms with Crippen molar-refractivity contribution in [1.82, 2.24) is 4.90 Å². The molecule has 0 aliphatic carbocycles. The SMILES string of the molecule is CC(C)C(=O)N1CCC2(CCO2)C1. The standard InChI is InChI=1S/C10H17NO2/c1-8(2)9(12)11-5-3-10(7-11)4-6-13-10/h8H,3-7H2,1-2H3. The molecule has 1 spiro atoms. The van der Waals surface area contributed by atoms with Crippen molar-refractivity contribution in [3.05, 3.63) is 0 Å². The smallest absolute Gasteiger partial charge is 0.225 e. The molecule has 2 aliphatic rings. The van der Waals surface area contributed by atoms with E-state index in [2.05, 4.69) is 0 Å². The fourth-order valence-electron chi connectivity index (χ4n) is 2.11. The molecule has 3 heteroatoms. The van der Waals surface area contributed by atoms with Crippen molar-refractivity contribution in [1.29, 1.82) is 0 Å². The summed E-state index contributed by atoms with van der Waals surface area (Å²) in [7, 11) is 0. The van der Waals surface area contributed by atoms with Gasteiger partial charge < -0.3 is 9.64 Å². The van der Waals surface area contributed by atoms with E-state index < -0.39 is 0 Å². The van der Waals surface area contributed by atoms with Crippen molar-refractivity contribution in [2.24, 2.45) is 5.92 Å². The highest BCUT2D eigenvalue weighted by atomic mass is 16.5. The number of rotatable bonds is 1. The lowest BCUT2D eigenvalue weighted by Gasteiger charge is -2.38. The summed E-state index contributed by atoms with van der Waals surface area (Å²) in [6.07, 6.45) is 2.17. The molecule has 0 bridgehead atoms. The molecule has 0 aromatic heterocycles. The first-order valence-corrected chi connectivity index (χ1v) is 5.06. The number of carbonyl (C=O) groups excluding carboxylic acids is 1. The number of amides is 1. The van der Waals surface area contributed by atoms with Gasteiger partial charge in [-0.05, 0) is 6.42 Å². The van der Waals surface area contributed by atoms with Gasteiger partial charge >= 0.3 is 0 Å². The number of ether oxygens (including phenoxy) is 1. The third-order valence-corrected chi connectivity index (χ3v) is 3.09. The first-order chi connectivity index (χ1) is 6.13. The van der Waals surface area contributed by atoms with Gasteiger partial charge in [0.1, 0.15) is 0 Å². The minimum Gasteiger partial charge on any atom is -0.373 e. The minimum atomic E-state index is 0.0601. The van der Waals surface area contributed by atoms with Crippen LogP contribution in [-0.2, 0) is 9.53 Å². The van der Waals surface area contributed by atoms with Gasteiger partial charge in [-0.3, -0.25) is 4.79 Å². The van der Waals surface area contributed by atoms with Crippen LogP contribution >= 0.6 is 0 Å². The normalized spacial score (nSPS) is 32.7. The molecule has 1 unspecified atom stereocenters. The zero-order valence-corrected chi connectivity index (χ0v) is 8.38. The van der Waals surface area contributed by atoms with E-state index >= 15 is 0 Å². The highest BCUT2D eigenvalue weighted by Crippen LogP contribution is 2.36. The number of likely N-dealkylation sites (tertiary alicyclic amines) is 1. The third kappa shape index (κ3) is 1.46. The maximum Gasteiger partial charge on any atom is 0.225 e. The second kappa shape index (κ2) is 2.98. The molecule has 0 N–H and O–H groups in total. The Bertz CT molecular complexity index is 221. The second-order valence-corrected chi connectivity index (χ2v) is 4.45. The maximum absolute atomic E-state index is 11.6. The van der Waals surface area contributed by atoms with E-state index in [1.54, 1.807) is 0 Å². The maximum atomic E-state index is 11.6.